The number of carbonyl (C=O) groups excluding carboxylic acids is 2. The third-order valence-electron chi connectivity index (χ3n) is 5.63. The Labute approximate surface area is 174 Å². The summed E-state index contributed by atoms with van der Waals surface area (Å²) in [5.41, 5.74) is 3.76. The maximum Gasteiger partial charge on any atom is 0.222 e. The van der Waals surface area contributed by atoms with Crippen LogP contribution in [0.3, 0.4) is 0 Å². The van der Waals surface area contributed by atoms with Gasteiger partial charge in [0.2, 0.25) is 11.8 Å². The molecule has 0 bridgehead atoms. The largest absolute Gasteiger partial charge is 0.349 e. The lowest BCUT2D eigenvalue weighted by Gasteiger charge is -2.27. The first-order valence-electron chi connectivity index (χ1n) is 10.9. The third kappa shape index (κ3) is 6.18. The van der Waals surface area contributed by atoms with Gasteiger partial charge in [-0.25, -0.2) is 0 Å². The summed E-state index contributed by atoms with van der Waals surface area (Å²) in [6.45, 7) is 3.26. The highest BCUT2D eigenvalue weighted by molar-refractivity contribution is 5.79. The topological polar surface area (TPSA) is 49.4 Å². The summed E-state index contributed by atoms with van der Waals surface area (Å²) in [7, 11) is 0. The van der Waals surface area contributed by atoms with E-state index in [0.29, 0.717) is 25.9 Å². The van der Waals surface area contributed by atoms with Crippen LogP contribution in [0.5, 0.6) is 0 Å². The number of benzene rings is 2. The Balaban J connectivity index is 1.49. The first-order chi connectivity index (χ1) is 14.2. The van der Waals surface area contributed by atoms with E-state index in [1.807, 2.05) is 41.3 Å². The first kappa shape index (κ1) is 21.1. The zero-order valence-corrected chi connectivity index (χ0v) is 17.4. The minimum atomic E-state index is 0.0312. The van der Waals surface area contributed by atoms with E-state index in [-0.39, 0.29) is 17.9 Å². The molecule has 1 atom stereocenters. The highest BCUT2D eigenvalue weighted by Crippen LogP contribution is 2.29. The van der Waals surface area contributed by atoms with Crippen LogP contribution in [0.4, 0.5) is 0 Å². The molecule has 0 radical (unpaired) electrons. The van der Waals surface area contributed by atoms with Gasteiger partial charge in [0.1, 0.15) is 0 Å². The number of fused-ring (bicyclic) bond motifs is 1. The van der Waals surface area contributed by atoms with Crippen LogP contribution in [-0.2, 0) is 22.4 Å². The van der Waals surface area contributed by atoms with Crippen molar-refractivity contribution in [3.8, 4) is 0 Å². The number of carbonyl (C=O) groups is 2. The molecular formula is C25H32N2O2. The molecule has 1 N–H and O–H groups in total. The molecule has 2 aromatic rings. The summed E-state index contributed by atoms with van der Waals surface area (Å²) in [5, 5.41) is 3.19. The highest BCUT2D eigenvalue weighted by atomic mass is 16.2. The lowest BCUT2D eigenvalue weighted by Crippen LogP contribution is -2.37. The van der Waals surface area contributed by atoms with E-state index in [4.69, 9.17) is 0 Å². The fourth-order valence-electron chi connectivity index (χ4n) is 4.09. The monoisotopic (exact) mass is 392 g/mol. The zero-order chi connectivity index (χ0) is 20.5. The second kappa shape index (κ2) is 10.8. The maximum absolute atomic E-state index is 12.7. The van der Waals surface area contributed by atoms with Crippen molar-refractivity contribution in [2.75, 3.05) is 13.1 Å². The van der Waals surface area contributed by atoms with E-state index in [1.54, 1.807) is 0 Å². The van der Waals surface area contributed by atoms with E-state index in [0.717, 1.165) is 32.1 Å². The Hall–Kier alpha value is -2.62. The number of nitrogens with zero attached hydrogens (tertiary/aromatic N) is 1. The van der Waals surface area contributed by atoms with Gasteiger partial charge >= 0.3 is 0 Å². The standard InChI is InChI=1S/C25H32N2O2/c1-2-18-27(25(29)16-15-20-9-4-3-5-10-20)19-17-24(28)26-23-14-8-12-21-11-6-7-13-22(21)23/h3-7,9-11,13,23H,2,8,12,14-19H2,1H3,(H,26,28). The SMILES string of the molecule is CCCN(CCC(=O)NC1CCCc2ccccc21)C(=O)CCc1ccccc1. The number of rotatable bonds is 9. The van der Waals surface area contributed by atoms with E-state index in [9.17, 15) is 9.59 Å². The summed E-state index contributed by atoms with van der Waals surface area (Å²) in [4.78, 5) is 27.1. The molecule has 2 amide bonds. The highest BCUT2D eigenvalue weighted by Gasteiger charge is 2.22. The fraction of sp³-hybridized carbons (Fsp3) is 0.440. The van der Waals surface area contributed by atoms with Gasteiger partial charge < -0.3 is 10.2 Å². The molecule has 0 heterocycles. The number of aryl methyl sites for hydroxylation is 2. The van der Waals surface area contributed by atoms with Crippen LogP contribution in [0.25, 0.3) is 0 Å². The summed E-state index contributed by atoms with van der Waals surface area (Å²) >= 11 is 0. The van der Waals surface area contributed by atoms with Crippen molar-refractivity contribution in [2.24, 2.45) is 0 Å². The van der Waals surface area contributed by atoms with Crippen molar-refractivity contribution >= 4 is 11.8 Å². The molecule has 0 spiro atoms. The van der Waals surface area contributed by atoms with Crippen LogP contribution in [0, 0.1) is 0 Å². The molecule has 0 saturated carbocycles. The van der Waals surface area contributed by atoms with Crippen molar-refractivity contribution in [1.82, 2.24) is 10.2 Å². The Morgan fingerprint density at radius 1 is 1.00 bits per heavy atom. The number of hydrogen-bond acceptors (Lipinski definition) is 2. The van der Waals surface area contributed by atoms with Crippen molar-refractivity contribution in [3.63, 3.8) is 0 Å². The molecule has 29 heavy (non-hydrogen) atoms. The third-order valence-corrected chi connectivity index (χ3v) is 5.63. The average Bonchev–Trinajstić information content (AvgIpc) is 2.76. The molecule has 0 aliphatic heterocycles. The quantitative estimate of drug-likeness (QED) is 0.686. The average molecular weight is 393 g/mol. The van der Waals surface area contributed by atoms with Gasteiger partial charge in [-0.2, -0.15) is 0 Å². The number of hydrogen-bond donors (Lipinski definition) is 1. The summed E-state index contributed by atoms with van der Waals surface area (Å²) < 4.78 is 0. The normalized spacial score (nSPS) is 15.4. The van der Waals surface area contributed by atoms with Gasteiger partial charge in [-0.15, -0.1) is 0 Å². The minimum Gasteiger partial charge on any atom is -0.349 e. The zero-order valence-electron chi connectivity index (χ0n) is 17.4. The van der Waals surface area contributed by atoms with Crippen LogP contribution in [0.15, 0.2) is 54.6 Å². The first-order valence-corrected chi connectivity index (χ1v) is 10.9. The van der Waals surface area contributed by atoms with Crippen LogP contribution < -0.4 is 5.32 Å². The van der Waals surface area contributed by atoms with Crippen molar-refractivity contribution in [2.45, 2.75) is 57.9 Å². The van der Waals surface area contributed by atoms with Crippen LogP contribution in [0.1, 0.15) is 61.8 Å². The smallest absolute Gasteiger partial charge is 0.222 e. The molecule has 1 aliphatic rings. The molecule has 154 valence electrons. The van der Waals surface area contributed by atoms with Gasteiger partial charge in [0.15, 0.2) is 0 Å². The predicted octanol–water partition coefficient (Wildman–Crippen LogP) is 4.44. The van der Waals surface area contributed by atoms with Crippen LogP contribution >= 0.6 is 0 Å². The summed E-state index contributed by atoms with van der Waals surface area (Å²) in [6, 6.07) is 18.6. The fourth-order valence-corrected chi connectivity index (χ4v) is 4.09. The van der Waals surface area contributed by atoms with Gasteiger partial charge in [-0.3, -0.25) is 9.59 Å². The second-order valence-corrected chi connectivity index (χ2v) is 7.83. The van der Waals surface area contributed by atoms with Crippen LogP contribution in [0.2, 0.25) is 0 Å². The van der Waals surface area contributed by atoms with Gasteiger partial charge in [0.25, 0.3) is 0 Å². The van der Waals surface area contributed by atoms with Crippen molar-refractivity contribution < 1.29 is 9.59 Å². The molecule has 1 aliphatic carbocycles. The van der Waals surface area contributed by atoms with E-state index in [2.05, 4.69) is 30.4 Å². The molecule has 2 aromatic carbocycles. The van der Waals surface area contributed by atoms with E-state index >= 15 is 0 Å². The van der Waals surface area contributed by atoms with Gasteiger partial charge in [-0.05, 0) is 48.8 Å². The van der Waals surface area contributed by atoms with Crippen molar-refractivity contribution in [3.05, 3.63) is 71.3 Å². The van der Waals surface area contributed by atoms with Gasteiger partial charge in [0, 0.05) is 25.9 Å². The number of amides is 2. The maximum atomic E-state index is 12.7. The van der Waals surface area contributed by atoms with Crippen LogP contribution in [-0.4, -0.2) is 29.8 Å². The minimum absolute atomic E-state index is 0.0312. The Kier molecular flexibility index (Phi) is 7.85. The molecular weight excluding hydrogens is 360 g/mol. The predicted molar refractivity (Wildman–Crippen MR) is 117 cm³/mol. The molecule has 0 saturated heterocycles. The number of nitrogens with one attached hydrogen (secondary N) is 1. The lowest BCUT2D eigenvalue weighted by molar-refractivity contribution is -0.132. The molecule has 0 fully saturated rings. The molecule has 3 rings (SSSR count). The lowest BCUT2D eigenvalue weighted by atomic mass is 9.87. The van der Waals surface area contributed by atoms with Gasteiger partial charge in [-0.1, -0.05) is 61.5 Å². The van der Waals surface area contributed by atoms with E-state index in [1.165, 1.54) is 16.7 Å². The van der Waals surface area contributed by atoms with E-state index < -0.39 is 0 Å². The molecule has 0 aromatic heterocycles. The summed E-state index contributed by atoms with van der Waals surface area (Å²) in [6.07, 6.45) is 5.65. The molecule has 1 unspecified atom stereocenters. The Morgan fingerprint density at radius 3 is 2.55 bits per heavy atom. The second-order valence-electron chi connectivity index (χ2n) is 7.83. The summed E-state index contributed by atoms with van der Waals surface area (Å²) in [5.74, 6) is 0.162. The Morgan fingerprint density at radius 2 is 1.76 bits per heavy atom. The molecule has 4 nitrogen and oxygen atoms in total. The Bertz CT molecular complexity index is 803. The van der Waals surface area contributed by atoms with Crippen molar-refractivity contribution in [1.29, 1.82) is 0 Å². The van der Waals surface area contributed by atoms with Gasteiger partial charge in [0.05, 0.1) is 6.04 Å². The molecule has 4 heteroatoms.